The normalized spacial score (nSPS) is 10.3. The maximum absolute atomic E-state index is 4.27. The van der Waals surface area contributed by atoms with Crippen LogP contribution in [0.5, 0.6) is 0 Å². The van der Waals surface area contributed by atoms with Crippen LogP contribution in [0.25, 0.3) is 0 Å². The Morgan fingerprint density at radius 3 is 3.15 bits per heavy atom. The van der Waals surface area contributed by atoms with E-state index in [0.29, 0.717) is 0 Å². The van der Waals surface area contributed by atoms with Crippen LogP contribution in [0.4, 0.5) is 0 Å². The highest BCUT2D eigenvalue weighted by atomic mass is 79.9. The predicted molar refractivity (Wildman–Crippen MR) is 61.2 cm³/mol. The van der Waals surface area contributed by atoms with E-state index in [-0.39, 0.29) is 0 Å². The van der Waals surface area contributed by atoms with Crippen LogP contribution in [0.2, 0.25) is 0 Å². The van der Waals surface area contributed by atoms with Crippen LogP contribution >= 0.6 is 27.7 Å². The molecule has 0 spiro atoms. The van der Waals surface area contributed by atoms with Crippen molar-refractivity contribution < 1.29 is 0 Å². The average Bonchev–Trinajstić information content (AvgIpc) is 2.15. The lowest BCUT2D eigenvalue weighted by molar-refractivity contribution is 0.777. The molecule has 0 aliphatic heterocycles. The molecule has 2 nitrogen and oxygen atoms in total. The van der Waals surface area contributed by atoms with Gasteiger partial charge in [-0.2, -0.15) is 0 Å². The van der Waals surface area contributed by atoms with Gasteiger partial charge in [0.05, 0.1) is 0 Å². The Balaban J connectivity index is 2.32. The van der Waals surface area contributed by atoms with E-state index >= 15 is 0 Å². The summed E-state index contributed by atoms with van der Waals surface area (Å²) in [6.07, 6.45) is 3.00. The summed E-state index contributed by atoms with van der Waals surface area (Å²) >= 11 is 5.26. The lowest BCUT2D eigenvalue weighted by atomic mass is 10.5. The second-order valence-corrected chi connectivity index (χ2v) is 4.53. The van der Waals surface area contributed by atoms with Gasteiger partial charge >= 0.3 is 0 Å². The zero-order valence-electron chi connectivity index (χ0n) is 7.59. The van der Waals surface area contributed by atoms with Crippen LogP contribution in [-0.4, -0.2) is 24.3 Å². The fraction of sp³-hybridized carbons (Fsp3) is 0.444. The van der Waals surface area contributed by atoms with Gasteiger partial charge in [-0.15, -0.1) is 11.8 Å². The van der Waals surface area contributed by atoms with Crippen molar-refractivity contribution in [3.05, 3.63) is 22.8 Å². The minimum absolute atomic E-state index is 1.07. The van der Waals surface area contributed by atoms with Gasteiger partial charge in [0, 0.05) is 16.4 Å². The second kappa shape index (κ2) is 6.40. The van der Waals surface area contributed by atoms with E-state index in [0.717, 1.165) is 21.8 Å². The zero-order chi connectivity index (χ0) is 9.52. The summed E-state index contributed by atoms with van der Waals surface area (Å²) in [6, 6.07) is 3.95. The summed E-state index contributed by atoms with van der Waals surface area (Å²) in [5.74, 6) is 1.11. The Morgan fingerprint density at radius 1 is 1.62 bits per heavy atom. The Hall–Kier alpha value is -0.0600. The van der Waals surface area contributed by atoms with Gasteiger partial charge in [0.1, 0.15) is 5.03 Å². The van der Waals surface area contributed by atoms with Gasteiger partial charge in [-0.05, 0) is 48.1 Å². The summed E-state index contributed by atoms with van der Waals surface area (Å²) in [5.41, 5.74) is 0. The van der Waals surface area contributed by atoms with Crippen molar-refractivity contribution in [1.29, 1.82) is 0 Å². The number of pyridine rings is 1. The molecule has 1 aromatic heterocycles. The highest BCUT2D eigenvalue weighted by Crippen LogP contribution is 2.24. The molecule has 0 saturated heterocycles. The van der Waals surface area contributed by atoms with Crippen molar-refractivity contribution >= 4 is 27.7 Å². The number of thioether (sulfide) groups is 1. The third kappa shape index (κ3) is 4.11. The first-order valence-electron chi connectivity index (χ1n) is 4.22. The molecular weight excluding hydrogens is 248 g/mol. The molecule has 0 aliphatic carbocycles. The predicted octanol–water partition coefficient (Wildman–Crippen LogP) is 2.55. The Kier molecular flexibility index (Phi) is 5.43. The number of nitrogens with one attached hydrogen (secondary N) is 1. The van der Waals surface area contributed by atoms with Crippen molar-refractivity contribution in [2.45, 2.75) is 11.4 Å². The Labute approximate surface area is 91.7 Å². The minimum atomic E-state index is 1.07. The molecule has 13 heavy (non-hydrogen) atoms. The average molecular weight is 261 g/mol. The molecule has 0 fully saturated rings. The third-order valence-electron chi connectivity index (χ3n) is 1.53. The quantitative estimate of drug-likeness (QED) is 0.651. The molecule has 0 atom stereocenters. The molecule has 0 aromatic carbocycles. The van der Waals surface area contributed by atoms with Crippen LogP contribution < -0.4 is 5.32 Å². The molecule has 0 saturated carbocycles. The molecule has 1 N–H and O–H groups in total. The maximum atomic E-state index is 4.27. The first-order chi connectivity index (χ1) is 6.34. The van der Waals surface area contributed by atoms with E-state index in [9.17, 15) is 0 Å². The van der Waals surface area contributed by atoms with Crippen LogP contribution in [-0.2, 0) is 0 Å². The van der Waals surface area contributed by atoms with E-state index in [2.05, 4.69) is 26.2 Å². The van der Waals surface area contributed by atoms with E-state index in [1.807, 2.05) is 25.4 Å². The number of aromatic nitrogens is 1. The summed E-state index contributed by atoms with van der Waals surface area (Å²) in [5, 5.41) is 4.21. The van der Waals surface area contributed by atoms with E-state index in [4.69, 9.17) is 0 Å². The number of rotatable bonds is 5. The summed E-state index contributed by atoms with van der Waals surface area (Å²) < 4.78 is 1.09. The summed E-state index contributed by atoms with van der Waals surface area (Å²) in [6.45, 7) is 1.07. The lowest BCUT2D eigenvalue weighted by Gasteiger charge is -2.02. The van der Waals surface area contributed by atoms with Gasteiger partial charge in [0.15, 0.2) is 0 Å². The molecule has 1 rings (SSSR count). The third-order valence-corrected chi connectivity index (χ3v) is 3.53. The monoisotopic (exact) mass is 260 g/mol. The van der Waals surface area contributed by atoms with Crippen molar-refractivity contribution in [3.63, 3.8) is 0 Å². The van der Waals surface area contributed by atoms with Gasteiger partial charge in [-0.1, -0.05) is 0 Å². The SMILES string of the molecule is CNCCCSc1ncccc1Br. The minimum Gasteiger partial charge on any atom is -0.320 e. The van der Waals surface area contributed by atoms with E-state index < -0.39 is 0 Å². The molecular formula is C9H13BrN2S. The first-order valence-corrected chi connectivity index (χ1v) is 6.00. The molecule has 0 unspecified atom stereocenters. The molecule has 0 amide bonds. The van der Waals surface area contributed by atoms with Crippen molar-refractivity contribution in [2.24, 2.45) is 0 Å². The van der Waals surface area contributed by atoms with Crippen LogP contribution in [0.15, 0.2) is 27.8 Å². The second-order valence-electron chi connectivity index (χ2n) is 2.60. The molecule has 0 radical (unpaired) electrons. The zero-order valence-corrected chi connectivity index (χ0v) is 9.99. The molecule has 4 heteroatoms. The highest BCUT2D eigenvalue weighted by Gasteiger charge is 1.99. The summed E-state index contributed by atoms with van der Waals surface area (Å²) in [7, 11) is 1.97. The fourth-order valence-electron chi connectivity index (χ4n) is 0.895. The van der Waals surface area contributed by atoms with Crippen molar-refractivity contribution in [2.75, 3.05) is 19.3 Å². The summed E-state index contributed by atoms with van der Waals surface area (Å²) in [4.78, 5) is 4.27. The highest BCUT2D eigenvalue weighted by molar-refractivity contribution is 9.10. The molecule has 0 bridgehead atoms. The molecule has 1 heterocycles. The van der Waals surface area contributed by atoms with Gasteiger partial charge < -0.3 is 5.32 Å². The number of hydrogen-bond acceptors (Lipinski definition) is 3. The molecule has 72 valence electrons. The number of hydrogen-bond donors (Lipinski definition) is 1. The first kappa shape index (κ1) is 11.0. The Morgan fingerprint density at radius 2 is 2.46 bits per heavy atom. The van der Waals surface area contributed by atoms with Gasteiger partial charge in [-0.25, -0.2) is 4.98 Å². The van der Waals surface area contributed by atoms with Gasteiger partial charge in [0.2, 0.25) is 0 Å². The van der Waals surface area contributed by atoms with Crippen molar-refractivity contribution in [3.8, 4) is 0 Å². The number of halogens is 1. The topological polar surface area (TPSA) is 24.9 Å². The van der Waals surface area contributed by atoms with Crippen LogP contribution in [0, 0.1) is 0 Å². The molecule has 0 aliphatic rings. The van der Waals surface area contributed by atoms with Crippen LogP contribution in [0.3, 0.4) is 0 Å². The van der Waals surface area contributed by atoms with Gasteiger partial charge in [-0.3, -0.25) is 0 Å². The fourth-order valence-corrected chi connectivity index (χ4v) is 2.32. The van der Waals surface area contributed by atoms with Gasteiger partial charge in [0.25, 0.3) is 0 Å². The van der Waals surface area contributed by atoms with E-state index in [1.54, 1.807) is 11.8 Å². The number of nitrogens with zero attached hydrogens (tertiary/aromatic N) is 1. The van der Waals surface area contributed by atoms with Crippen molar-refractivity contribution in [1.82, 2.24) is 10.3 Å². The molecule has 1 aromatic rings. The standard InChI is InChI=1S/C9H13BrN2S/c1-11-5-3-7-13-9-8(10)4-2-6-12-9/h2,4,6,11H,3,5,7H2,1H3. The smallest absolute Gasteiger partial charge is 0.110 e. The van der Waals surface area contributed by atoms with Crippen LogP contribution in [0.1, 0.15) is 6.42 Å². The Bertz CT molecular complexity index is 255. The maximum Gasteiger partial charge on any atom is 0.110 e. The van der Waals surface area contributed by atoms with E-state index in [1.165, 1.54) is 6.42 Å². The lowest BCUT2D eigenvalue weighted by Crippen LogP contribution is -2.08. The largest absolute Gasteiger partial charge is 0.320 e.